The number of halogens is 3. The Balaban J connectivity index is 2.35. The largest absolute Gasteiger partial charge is 0.351 e. The molecule has 0 radical (unpaired) electrons. The lowest BCUT2D eigenvalue weighted by Gasteiger charge is -2.04. The van der Waals surface area contributed by atoms with Crippen molar-refractivity contribution in [1.82, 2.24) is 5.32 Å². The van der Waals surface area contributed by atoms with Gasteiger partial charge in [0.1, 0.15) is 0 Å². The summed E-state index contributed by atoms with van der Waals surface area (Å²) in [6.45, 7) is 2.62. The van der Waals surface area contributed by atoms with Crippen molar-refractivity contribution in [3.8, 4) is 0 Å². The minimum atomic E-state index is -0.0291. The molecule has 0 aromatic carbocycles. The highest BCUT2D eigenvalue weighted by atomic mass is 79.9. The van der Waals surface area contributed by atoms with E-state index in [0.29, 0.717) is 11.4 Å². The molecule has 0 saturated carbocycles. The number of amides is 1. The summed E-state index contributed by atoms with van der Waals surface area (Å²) in [6.07, 6.45) is 1.82. The quantitative estimate of drug-likeness (QED) is 0.587. The van der Waals surface area contributed by atoms with Crippen molar-refractivity contribution in [3.63, 3.8) is 0 Å². The number of rotatable bonds is 5. The van der Waals surface area contributed by atoms with E-state index in [2.05, 4.69) is 37.2 Å². The van der Waals surface area contributed by atoms with Crippen LogP contribution in [0.1, 0.15) is 29.4 Å². The molecule has 0 fully saturated rings. The molecule has 1 aromatic heterocycles. The predicted octanol–water partition coefficient (Wildman–Crippen LogP) is 4.41. The molecule has 6 heteroatoms. The second-order valence-corrected chi connectivity index (χ2v) is 7.38. The second kappa shape index (κ2) is 6.99. The van der Waals surface area contributed by atoms with Crippen molar-refractivity contribution in [3.05, 3.63) is 19.2 Å². The number of thiophene rings is 1. The molecule has 1 aromatic rings. The minimum absolute atomic E-state index is 0.0291. The van der Waals surface area contributed by atoms with Gasteiger partial charge in [-0.2, -0.15) is 0 Å². The zero-order valence-corrected chi connectivity index (χ0v) is 13.5. The number of hydrogen-bond acceptors (Lipinski definition) is 2. The van der Waals surface area contributed by atoms with E-state index >= 15 is 0 Å². The molecule has 1 atom stereocenters. The Morgan fingerprint density at radius 2 is 2.31 bits per heavy atom. The van der Waals surface area contributed by atoms with Gasteiger partial charge in [-0.1, -0.05) is 0 Å². The number of alkyl halides is 1. The summed E-state index contributed by atoms with van der Waals surface area (Å²) in [5.74, 6) is -0.0291. The van der Waals surface area contributed by atoms with Gasteiger partial charge in [-0.25, -0.2) is 0 Å². The predicted molar refractivity (Wildman–Crippen MR) is 76.6 cm³/mol. The van der Waals surface area contributed by atoms with Crippen LogP contribution in [0.2, 0.25) is 0 Å². The van der Waals surface area contributed by atoms with Gasteiger partial charge in [-0.05, 0) is 57.7 Å². The average molecular weight is 390 g/mol. The number of hydrogen-bond donors (Lipinski definition) is 1. The van der Waals surface area contributed by atoms with E-state index in [-0.39, 0.29) is 11.3 Å². The first-order valence-electron chi connectivity index (χ1n) is 4.88. The van der Waals surface area contributed by atoms with Gasteiger partial charge in [0.15, 0.2) is 0 Å². The monoisotopic (exact) mass is 387 g/mol. The molecule has 0 aliphatic carbocycles. The van der Waals surface area contributed by atoms with Gasteiger partial charge in [0.2, 0.25) is 0 Å². The normalized spacial score (nSPS) is 12.5. The van der Waals surface area contributed by atoms with Crippen LogP contribution in [0.25, 0.3) is 0 Å². The summed E-state index contributed by atoms with van der Waals surface area (Å²) in [7, 11) is 0. The van der Waals surface area contributed by atoms with Crippen molar-refractivity contribution >= 4 is 60.7 Å². The van der Waals surface area contributed by atoms with Crippen LogP contribution in [0.5, 0.6) is 0 Å². The third-order valence-electron chi connectivity index (χ3n) is 1.93. The third-order valence-corrected chi connectivity index (χ3v) is 5.41. The summed E-state index contributed by atoms with van der Waals surface area (Å²) < 4.78 is 1.85. The van der Waals surface area contributed by atoms with Crippen LogP contribution in [0.4, 0.5) is 0 Å². The fraction of sp³-hybridized carbons (Fsp3) is 0.500. The van der Waals surface area contributed by atoms with E-state index < -0.39 is 0 Å². The van der Waals surface area contributed by atoms with E-state index in [1.54, 1.807) is 0 Å². The molecule has 0 spiro atoms. The maximum absolute atomic E-state index is 11.7. The number of carbonyl (C=O) groups is 1. The van der Waals surface area contributed by atoms with Crippen LogP contribution in [0.15, 0.2) is 14.3 Å². The summed E-state index contributed by atoms with van der Waals surface area (Å²) in [5.41, 5.74) is 0. The summed E-state index contributed by atoms with van der Waals surface area (Å²) in [6, 6.07) is 1.81. The second-order valence-electron chi connectivity index (χ2n) is 3.41. The topological polar surface area (TPSA) is 29.1 Å². The Morgan fingerprint density at radius 1 is 1.62 bits per heavy atom. The van der Waals surface area contributed by atoms with Crippen molar-refractivity contribution in [2.45, 2.75) is 25.1 Å². The molecule has 2 nitrogen and oxygen atoms in total. The molecule has 0 aliphatic heterocycles. The summed E-state index contributed by atoms with van der Waals surface area (Å²) in [4.78, 5) is 12.4. The minimum Gasteiger partial charge on any atom is -0.351 e. The van der Waals surface area contributed by atoms with E-state index in [0.717, 1.165) is 21.1 Å². The van der Waals surface area contributed by atoms with Gasteiger partial charge in [0, 0.05) is 16.4 Å². The lowest BCUT2D eigenvalue weighted by Crippen LogP contribution is -2.23. The van der Waals surface area contributed by atoms with Gasteiger partial charge in [-0.3, -0.25) is 4.79 Å². The molecule has 1 unspecified atom stereocenters. The molecular weight excluding hydrogens is 377 g/mol. The highest BCUT2D eigenvalue weighted by Gasteiger charge is 2.11. The highest BCUT2D eigenvalue weighted by molar-refractivity contribution is 9.13. The van der Waals surface area contributed by atoms with E-state index in [1.807, 2.05) is 13.0 Å². The lowest BCUT2D eigenvalue weighted by atomic mass is 10.2. The van der Waals surface area contributed by atoms with Gasteiger partial charge in [0.05, 0.1) is 8.66 Å². The fourth-order valence-corrected chi connectivity index (χ4v) is 3.24. The maximum Gasteiger partial charge on any atom is 0.261 e. The molecule has 0 saturated heterocycles. The smallest absolute Gasteiger partial charge is 0.261 e. The van der Waals surface area contributed by atoms with Gasteiger partial charge >= 0.3 is 0 Å². The Kier molecular flexibility index (Phi) is 6.32. The van der Waals surface area contributed by atoms with Crippen LogP contribution >= 0.6 is 54.8 Å². The molecule has 90 valence electrons. The first-order chi connectivity index (χ1) is 7.50. The first-order valence-corrected chi connectivity index (χ1v) is 7.71. The van der Waals surface area contributed by atoms with Crippen LogP contribution < -0.4 is 5.32 Å². The molecular formula is C10H12Br2ClNOS. The Hall–Kier alpha value is 0.420. The van der Waals surface area contributed by atoms with Crippen LogP contribution in [-0.2, 0) is 0 Å². The maximum atomic E-state index is 11.7. The van der Waals surface area contributed by atoms with Crippen LogP contribution in [0, 0.1) is 0 Å². The lowest BCUT2D eigenvalue weighted by molar-refractivity contribution is 0.0957. The SMILES string of the molecule is CC(Cl)CCCNC(=O)c1cc(Br)c(Br)s1. The van der Waals surface area contributed by atoms with E-state index in [9.17, 15) is 4.79 Å². The van der Waals surface area contributed by atoms with Crippen molar-refractivity contribution < 1.29 is 4.79 Å². The fourth-order valence-electron chi connectivity index (χ4n) is 1.13. The van der Waals surface area contributed by atoms with Crippen molar-refractivity contribution in [1.29, 1.82) is 0 Å². The molecule has 16 heavy (non-hydrogen) atoms. The number of nitrogens with one attached hydrogen (secondary N) is 1. The van der Waals surface area contributed by atoms with Gasteiger partial charge in [-0.15, -0.1) is 22.9 Å². The highest BCUT2D eigenvalue weighted by Crippen LogP contribution is 2.32. The summed E-state index contributed by atoms with van der Waals surface area (Å²) in [5, 5.41) is 3.03. The third kappa shape index (κ3) is 4.73. The van der Waals surface area contributed by atoms with Gasteiger partial charge in [0.25, 0.3) is 5.91 Å². The average Bonchev–Trinajstić information content (AvgIpc) is 2.54. The molecule has 0 aliphatic rings. The zero-order chi connectivity index (χ0) is 12.1. The van der Waals surface area contributed by atoms with Crippen molar-refractivity contribution in [2.24, 2.45) is 0 Å². The van der Waals surface area contributed by atoms with Crippen LogP contribution in [-0.4, -0.2) is 17.8 Å². The first kappa shape index (κ1) is 14.5. The number of carbonyl (C=O) groups excluding carboxylic acids is 1. The molecule has 1 heterocycles. The standard InChI is InChI=1S/C10H12Br2ClNOS/c1-6(13)3-2-4-14-10(15)8-5-7(11)9(12)16-8/h5-6H,2-4H2,1H3,(H,14,15). The van der Waals surface area contributed by atoms with E-state index in [1.165, 1.54) is 11.3 Å². The van der Waals surface area contributed by atoms with E-state index in [4.69, 9.17) is 11.6 Å². The Labute approximate surface area is 121 Å². The van der Waals surface area contributed by atoms with Crippen molar-refractivity contribution in [2.75, 3.05) is 6.54 Å². The molecule has 1 N–H and O–H groups in total. The molecule has 1 rings (SSSR count). The summed E-state index contributed by atoms with van der Waals surface area (Å²) >= 11 is 13.9. The van der Waals surface area contributed by atoms with Gasteiger partial charge < -0.3 is 5.32 Å². The molecule has 1 amide bonds. The van der Waals surface area contributed by atoms with Crippen LogP contribution in [0.3, 0.4) is 0 Å². The Morgan fingerprint density at radius 3 is 2.81 bits per heavy atom. The Bertz CT molecular complexity index is 348. The zero-order valence-electron chi connectivity index (χ0n) is 8.73. The molecule has 0 bridgehead atoms.